The fourth-order valence-electron chi connectivity index (χ4n) is 3.98. The quantitative estimate of drug-likeness (QED) is 0.447. The second kappa shape index (κ2) is 8.64. The predicted molar refractivity (Wildman–Crippen MR) is 130 cm³/mol. The molecule has 1 atom stereocenters. The number of aryl methyl sites for hydroxylation is 2. The molecule has 0 saturated carbocycles. The van der Waals surface area contributed by atoms with Crippen molar-refractivity contribution in [2.24, 2.45) is 5.73 Å². The Morgan fingerprint density at radius 1 is 1.23 bits per heavy atom. The summed E-state index contributed by atoms with van der Waals surface area (Å²) in [5.74, 6) is 9.14. The largest absolute Gasteiger partial charge is 0.493 e. The van der Waals surface area contributed by atoms with E-state index in [2.05, 4.69) is 26.8 Å². The highest BCUT2D eigenvalue weighted by Gasteiger charge is 2.30. The van der Waals surface area contributed by atoms with Crippen LogP contribution in [-0.2, 0) is 6.54 Å². The zero-order chi connectivity index (χ0) is 24.7. The number of imidazole rings is 1. The molecule has 1 aromatic carbocycles. The van der Waals surface area contributed by atoms with Gasteiger partial charge in [0, 0.05) is 18.7 Å². The first-order valence-corrected chi connectivity index (χ1v) is 11.3. The molecular formula is C26H27N5O4. The van der Waals surface area contributed by atoms with Crippen LogP contribution in [0.5, 0.6) is 17.2 Å². The first-order valence-electron chi connectivity index (χ1n) is 11.3. The van der Waals surface area contributed by atoms with E-state index in [4.69, 9.17) is 24.4 Å². The molecule has 1 unspecified atom stereocenters. The van der Waals surface area contributed by atoms with Crippen molar-refractivity contribution in [1.29, 1.82) is 0 Å². The first-order chi connectivity index (χ1) is 16.7. The lowest BCUT2D eigenvalue weighted by atomic mass is 10.1. The number of methoxy groups -OCH3 is 1. The molecule has 35 heavy (non-hydrogen) atoms. The fourth-order valence-corrected chi connectivity index (χ4v) is 3.98. The molecule has 180 valence electrons. The van der Waals surface area contributed by atoms with Gasteiger partial charge in [-0.3, -0.25) is 0 Å². The summed E-state index contributed by atoms with van der Waals surface area (Å²) in [5, 5.41) is 0. The summed E-state index contributed by atoms with van der Waals surface area (Å²) < 4.78 is 25.4. The summed E-state index contributed by atoms with van der Waals surface area (Å²) in [5.41, 5.74) is 9.37. The van der Waals surface area contributed by atoms with Crippen molar-refractivity contribution in [3.63, 3.8) is 0 Å². The van der Waals surface area contributed by atoms with Crippen LogP contribution in [0.1, 0.15) is 48.4 Å². The van der Waals surface area contributed by atoms with Gasteiger partial charge in [-0.15, -0.1) is 0 Å². The van der Waals surface area contributed by atoms with Crippen LogP contribution in [0.2, 0.25) is 0 Å². The van der Waals surface area contributed by atoms with Crippen molar-refractivity contribution in [2.75, 3.05) is 13.7 Å². The van der Waals surface area contributed by atoms with Crippen LogP contribution in [0.25, 0.3) is 11.2 Å². The van der Waals surface area contributed by atoms with E-state index in [0.717, 1.165) is 33.7 Å². The number of nitrogens with zero attached hydrogens (tertiary/aromatic N) is 4. The highest BCUT2D eigenvalue weighted by atomic mass is 16.6. The van der Waals surface area contributed by atoms with E-state index < -0.39 is 5.54 Å². The van der Waals surface area contributed by atoms with Gasteiger partial charge in [-0.2, -0.15) is 0 Å². The van der Waals surface area contributed by atoms with E-state index in [0.29, 0.717) is 36.3 Å². The number of ether oxygens (including phenoxy) is 3. The van der Waals surface area contributed by atoms with Gasteiger partial charge in [-0.25, -0.2) is 15.0 Å². The molecule has 3 aromatic heterocycles. The number of hydrogen-bond donors (Lipinski definition) is 1. The smallest absolute Gasteiger partial charge is 0.204 e. The summed E-state index contributed by atoms with van der Waals surface area (Å²) in [6.45, 7) is 8.25. The molecule has 5 rings (SSSR count). The zero-order valence-corrected chi connectivity index (χ0v) is 20.4. The average molecular weight is 474 g/mol. The fraction of sp³-hybridized carbons (Fsp3) is 0.346. The third kappa shape index (κ3) is 4.66. The Labute approximate surface area is 203 Å². The number of pyridine rings is 1. The monoisotopic (exact) mass is 473 g/mol. The van der Waals surface area contributed by atoms with E-state index in [-0.39, 0.29) is 6.10 Å². The highest BCUT2D eigenvalue weighted by molar-refractivity contribution is 5.72. The highest BCUT2D eigenvalue weighted by Crippen LogP contribution is 2.44. The minimum absolute atomic E-state index is 0.325. The van der Waals surface area contributed by atoms with E-state index >= 15 is 0 Å². The summed E-state index contributed by atoms with van der Waals surface area (Å²) in [6, 6.07) is 5.79. The Bertz CT molecular complexity index is 1450. The zero-order valence-electron chi connectivity index (χ0n) is 20.4. The summed E-state index contributed by atoms with van der Waals surface area (Å²) in [6.07, 6.45) is 3.12. The predicted octanol–water partition coefficient (Wildman–Crippen LogP) is 3.69. The summed E-state index contributed by atoms with van der Waals surface area (Å²) in [4.78, 5) is 13.5. The van der Waals surface area contributed by atoms with Crippen molar-refractivity contribution >= 4 is 11.2 Å². The topological polar surface area (TPSA) is 110 Å². The molecule has 1 aliphatic heterocycles. The third-order valence-corrected chi connectivity index (χ3v) is 5.53. The van der Waals surface area contributed by atoms with E-state index in [1.165, 1.54) is 0 Å². The molecule has 0 spiro atoms. The van der Waals surface area contributed by atoms with Gasteiger partial charge in [-0.1, -0.05) is 11.8 Å². The van der Waals surface area contributed by atoms with Crippen LogP contribution in [0.4, 0.5) is 0 Å². The van der Waals surface area contributed by atoms with Crippen molar-refractivity contribution in [2.45, 2.75) is 45.9 Å². The number of oxazole rings is 1. The Morgan fingerprint density at radius 3 is 2.77 bits per heavy atom. The van der Waals surface area contributed by atoms with Crippen LogP contribution in [0, 0.1) is 25.7 Å². The van der Waals surface area contributed by atoms with Gasteiger partial charge in [0.2, 0.25) is 5.75 Å². The maximum Gasteiger partial charge on any atom is 0.204 e. The minimum atomic E-state index is -0.571. The van der Waals surface area contributed by atoms with Gasteiger partial charge < -0.3 is 28.9 Å². The molecule has 0 radical (unpaired) electrons. The second-order valence-electron chi connectivity index (χ2n) is 9.13. The van der Waals surface area contributed by atoms with Gasteiger partial charge in [0.25, 0.3) is 0 Å². The van der Waals surface area contributed by atoms with Crippen molar-refractivity contribution < 1.29 is 18.6 Å². The first kappa shape index (κ1) is 22.7. The van der Waals surface area contributed by atoms with Crippen molar-refractivity contribution in [1.82, 2.24) is 19.5 Å². The van der Waals surface area contributed by atoms with Crippen LogP contribution in [-0.4, -0.2) is 38.8 Å². The Kier molecular flexibility index (Phi) is 5.61. The summed E-state index contributed by atoms with van der Waals surface area (Å²) >= 11 is 0. The average Bonchev–Trinajstić information content (AvgIpc) is 3.37. The third-order valence-electron chi connectivity index (χ3n) is 5.53. The van der Waals surface area contributed by atoms with Gasteiger partial charge in [-0.05, 0) is 44.5 Å². The van der Waals surface area contributed by atoms with Gasteiger partial charge >= 0.3 is 0 Å². The second-order valence-corrected chi connectivity index (χ2v) is 9.13. The molecule has 9 heteroatoms. The SMILES string of the molecule is COc1cc(Cn2cnc3cc(C#CC(C)(C)N)cnc32)cc2c1OC(c1nc(C)oc1C)CO2. The molecule has 4 aromatic rings. The van der Waals surface area contributed by atoms with Crippen LogP contribution in [0.15, 0.2) is 35.1 Å². The molecule has 2 N–H and O–H groups in total. The maximum absolute atomic E-state index is 6.23. The van der Waals surface area contributed by atoms with Gasteiger partial charge in [0.1, 0.15) is 23.6 Å². The molecular weight excluding hydrogens is 446 g/mol. The Hall–Kier alpha value is -4.03. The standard InChI is InChI=1S/C26H27N5O4/c1-15-23(30-16(2)34-15)22-13-33-21-10-18(9-20(32-5)24(21)35-22)12-31-14-29-19-8-17(11-28-25(19)31)6-7-26(3,4)27/h8-11,14,22H,12-13,27H2,1-5H3. The normalized spacial score (nSPS) is 15.1. The van der Waals surface area contributed by atoms with Crippen molar-refractivity contribution in [3.8, 4) is 29.1 Å². The number of nitrogens with two attached hydrogens (primary N) is 1. The van der Waals surface area contributed by atoms with E-state index in [1.54, 1.807) is 19.6 Å². The molecule has 0 bridgehead atoms. The molecule has 4 heterocycles. The maximum atomic E-state index is 6.23. The van der Waals surface area contributed by atoms with E-state index in [1.807, 2.05) is 50.5 Å². The lowest BCUT2D eigenvalue weighted by Gasteiger charge is -2.27. The van der Waals surface area contributed by atoms with Gasteiger partial charge in [0.15, 0.2) is 29.1 Å². The molecule has 0 aliphatic carbocycles. The molecule has 0 amide bonds. The molecule has 1 aliphatic rings. The lowest BCUT2D eigenvalue weighted by molar-refractivity contribution is 0.0834. The number of rotatable bonds is 4. The number of hydrogen-bond acceptors (Lipinski definition) is 8. The molecule has 0 fully saturated rings. The molecule has 9 nitrogen and oxygen atoms in total. The Balaban J connectivity index is 1.41. The number of fused-ring (bicyclic) bond motifs is 2. The van der Waals surface area contributed by atoms with E-state index in [9.17, 15) is 0 Å². The minimum Gasteiger partial charge on any atom is -0.493 e. The van der Waals surface area contributed by atoms with Crippen LogP contribution < -0.4 is 19.9 Å². The van der Waals surface area contributed by atoms with Crippen LogP contribution in [0.3, 0.4) is 0 Å². The number of benzene rings is 1. The summed E-state index contributed by atoms with van der Waals surface area (Å²) in [7, 11) is 1.61. The van der Waals surface area contributed by atoms with Gasteiger partial charge in [0.05, 0.1) is 25.5 Å². The lowest BCUT2D eigenvalue weighted by Crippen LogP contribution is -2.29. The van der Waals surface area contributed by atoms with Crippen LogP contribution >= 0.6 is 0 Å². The van der Waals surface area contributed by atoms with Crippen molar-refractivity contribution in [3.05, 3.63) is 59.2 Å². The molecule has 0 saturated heterocycles. The number of aromatic nitrogens is 4. The Morgan fingerprint density at radius 2 is 2.06 bits per heavy atom.